The van der Waals surface area contributed by atoms with Crippen molar-refractivity contribution in [3.05, 3.63) is 52.9 Å². The minimum Gasteiger partial charge on any atom is -0.493 e. The number of hydrogen-bond acceptors (Lipinski definition) is 5. The summed E-state index contributed by atoms with van der Waals surface area (Å²) in [5.74, 6) is 0.875. The molecule has 2 aromatic rings. The number of carbonyl (C=O) groups excluding carboxylic acids is 1. The highest BCUT2D eigenvalue weighted by Gasteiger charge is 2.28. The number of rotatable bonds is 11. The molecule has 8 nitrogen and oxygen atoms in total. The van der Waals surface area contributed by atoms with Crippen LogP contribution in [0.15, 0.2) is 46.4 Å². The Morgan fingerprint density at radius 3 is 2.79 bits per heavy atom. The summed E-state index contributed by atoms with van der Waals surface area (Å²) >= 11 is 6.22. The van der Waals surface area contributed by atoms with Crippen LogP contribution in [0.25, 0.3) is 0 Å². The van der Waals surface area contributed by atoms with E-state index in [1.807, 2.05) is 11.0 Å². The van der Waals surface area contributed by atoms with Gasteiger partial charge in [0.25, 0.3) is 5.91 Å². The average molecular weight is 421 g/mol. The van der Waals surface area contributed by atoms with Crippen molar-refractivity contribution in [2.75, 3.05) is 19.8 Å². The summed E-state index contributed by atoms with van der Waals surface area (Å²) in [6.45, 7) is 1.89. The number of halogens is 1. The smallest absolute Gasteiger partial charge is 0.254 e. The van der Waals surface area contributed by atoms with Crippen LogP contribution in [0.2, 0.25) is 5.02 Å². The Balaban J connectivity index is 1.61. The van der Waals surface area contributed by atoms with Gasteiger partial charge in [-0.05, 0) is 48.2 Å². The Bertz CT molecular complexity index is 833. The maximum Gasteiger partial charge on any atom is 0.254 e. The molecular weight excluding hydrogens is 396 g/mol. The van der Waals surface area contributed by atoms with E-state index in [9.17, 15) is 4.79 Å². The number of nitrogens with zero attached hydrogens (tertiary/aromatic N) is 2. The van der Waals surface area contributed by atoms with Gasteiger partial charge in [-0.25, -0.2) is 0 Å². The molecule has 0 spiro atoms. The minimum atomic E-state index is -0.130. The highest BCUT2D eigenvalue weighted by Crippen LogP contribution is 2.31. The molecule has 29 heavy (non-hydrogen) atoms. The van der Waals surface area contributed by atoms with Crippen LogP contribution < -0.4 is 16.2 Å². The number of ether oxygens (including phenoxy) is 1. The Hall–Kier alpha value is -2.87. The van der Waals surface area contributed by atoms with Gasteiger partial charge in [0, 0.05) is 35.7 Å². The van der Waals surface area contributed by atoms with Gasteiger partial charge in [0.2, 0.25) is 5.96 Å². The zero-order valence-electron chi connectivity index (χ0n) is 16.1. The molecule has 0 bridgehead atoms. The van der Waals surface area contributed by atoms with Crippen molar-refractivity contribution in [3.63, 3.8) is 0 Å². The molecule has 3 rings (SSSR count). The summed E-state index contributed by atoms with van der Waals surface area (Å²) in [5.41, 5.74) is 11.8. The van der Waals surface area contributed by atoms with Crippen molar-refractivity contribution >= 4 is 23.5 Å². The molecular formula is C20H25ClN4O4. The van der Waals surface area contributed by atoms with E-state index < -0.39 is 0 Å². The first-order chi connectivity index (χ1) is 14.0. The van der Waals surface area contributed by atoms with E-state index in [1.54, 1.807) is 30.7 Å². The van der Waals surface area contributed by atoms with Crippen LogP contribution in [0.3, 0.4) is 0 Å². The predicted octanol–water partition coefficient (Wildman–Crippen LogP) is 2.96. The lowest BCUT2D eigenvalue weighted by atomic mass is 10.1. The van der Waals surface area contributed by atoms with Crippen molar-refractivity contribution in [1.82, 2.24) is 4.90 Å². The fourth-order valence-corrected chi connectivity index (χ4v) is 3.05. The largest absolute Gasteiger partial charge is 0.493 e. The molecule has 1 fully saturated rings. The third kappa shape index (κ3) is 6.90. The second-order valence-corrected chi connectivity index (χ2v) is 7.42. The topological polar surface area (TPSA) is 116 Å². The van der Waals surface area contributed by atoms with Gasteiger partial charge < -0.3 is 30.4 Å². The fourth-order valence-electron chi connectivity index (χ4n) is 2.82. The number of nitrogens with two attached hydrogens (primary N) is 2. The zero-order chi connectivity index (χ0) is 20.6. The Kier molecular flexibility index (Phi) is 7.24. The number of amides is 1. The van der Waals surface area contributed by atoms with Gasteiger partial charge in [-0.3, -0.25) is 4.79 Å². The highest BCUT2D eigenvalue weighted by molar-refractivity contribution is 6.31. The van der Waals surface area contributed by atoms with Crippen LogP contribution in [0, 0.1) is 5.92 Å². The number of benzene rings is 1. The molecule has 1 aliphatic carbocycles. The van der Waals surface area contributed by atoms with Gasteiger partial charge in [-0.2, -0.15) is 0 Å². The van der Waals surface area contributed by atoms with Crippen LogP contribution in [-0.2, 0) is 11.4 Å². The van der Waals surface area contributed by atoms with Gasteiger partial charge in [0.15, 0.2) is 0 Å². The van der Waals surface area contributed by atoms with E-state index in [1.165, 1.54) is 0 Å². The molecule has 1 aromatic carbocycles. The van der Waals surface area contributed by atoms with Crippen LogP contribution in [-0.4, -0.2) is 36.5 Å². The zero-order valence-corrected chi connectivity index (χ0v) is 16.8. The maximum absolute atomic E-state index is 13.1. The molecule has 0 atom stereocenters. The molecule has 1 amide bonds. The fraction of sp³-hybridized carbons (Fsp3) is 0.400. The predicted molar refractivity (Wildman–Crippen MR) is 109 cm³/mol. The van der Waals surface area contributed by atoms with Crippen molar-refractivity contribution in [2.24, 2.45) is 22.5 Å². The first-order valence-corrected chi connectivity index (χ1v) is 9.83. The molecule has 1 aromatic heterocycles. The Morgan fingerprint density at radius 2 is 2.10 bits per heavy atom. The Morgan fingerprint density at radius 1 is 1.28 bits per heavy atom. The van der Waals surface area contributed by atoms with E-state index in [2.05, 4.69) is 5.16 Å². The number of guanidine groups is 1. The third-order valence-electron chi connectivity index (χ3n) is 4.35. The quantitative estimate of drug-likeness (QED) is 0.250. The van der Waals surface area contributed by atoms with Crippen LogP contribution >= 0.6 is 11.6 Å². The van der Waals surface area contributed by atoms with Crippen molar-refractivity contribution in [1.29, 1.82) is 0 Å². The van der Waals surface area contributed by atoms with E-state index >= 15 is 0 Å². The lowest BCUT2D eigenvalue weighted by Crippen LogP contribution is -2.32. The van der Waals surface area contributed by atoms with Gasteiger partial charge >= 0.3 is 0 Å². The molecule has 1 aliphatic rings. The van der Waals surface area contributed by atoms with E-state index in [-0.39, 0.29) is 11.9 Å². The van der Waals surface area contributed by atoms with Gasteiger partial charge in [-0.15, -0.1) is 0 Å². The summed E-state index contributed by atoms with van der Waals surface area (Å²) in [7, 11) is 0. The summed E-state index contributed by atoms with van der Waals surface area (Å²) in [6.07, 6.45) is 6.14. The van der Waals surface area contributed by atoms with Crippen molar-refractivity contribution in [2.45, 2.75) is 25.8 Å². The number of furan rings is 1. The number of carbonyl (C=O) groups is 1. The molecule has 0 saturated heterocycles. The van der Waals surface area contributed by atoms with Crippen molar-refractivity contribution in [3.8, 4) is 5.75 Å². The highest BCUT2D eigenvalue weighted by atomic mass is 35.5. The summed E-state index contributed by atoms with van der Waals surface area (Å²) in [4.78, 5) is 19.9. The molecule has 9 heteroatoms. The second-order valence-electron chi connectivity index (χ2n) is 6.99. The number of hydrogen-bond donors (Lipinski definition) is 2. The SMILES string of the molecule is NC(N)=NOCCCOc1cc(Cl)cc(C(=O)N(Cc2ccoc2)CC2CC2)c1. The van der Waals surface area contributed by atoms with Crippen LogP contribution in [0.5, 0.6) is 5.75 Å². The summed E-state index contributed by atoms with van der Waals surface area (Å²) in [5, 5.41) is 3.88. The first-order valence-electron chi connectivity index (χ1n) is 9.46. The second kappa shape index (κ2) is 10.1. The van der Waals surface area contributed by atoms with E-state index in [0.29, 0.717) is 48.4 Å². The van der Waals surface area contributed by atoms with E-state index in [4.69, 9.17) is 37.1 Å². The van der Waals surface area contributed by atoms with E-state index in [0.717, 1.165) is 24.9 Å². The summed E-state index contributed by atoms with van der Waals surface area (Å²) < 4.78 is 10.8. The maximum atomic E-state index is 13.1. The van der Waals surface area contributed by atoms with Crippen LogP contribution in [0.4, 0.5) is 0 Å². The standard InChI is InChI=1S/C20H25ClN4O4/c21-17-8-16(9-18(10-17)28-5-1-6-29-24-20(22)23)19(26)25(11-14-2-3-14)12-15-4-7-27-13-15/h4,7-10,13-14H,1-3,5-6,11-12H2,(H4,22,23,24). The van der Waals surface area contributed by atoms with Crippen molar-refractivity contribution < 1.29 is 18.8 Å². The minimum absolute atomic E-state index is 0.0819. The molecule has 0 aliphatic heterocycles. The molecule has 4 N–H and O–H groups in total. The van der Waals surface area contributed by atoms with Gasteiger partial charge in [0.1, 0.15) is 12.4 Å². The van der Waals surface area contributed by atoms with Gasteiger partial charge in [0.05, 0.1) is 19.1 Å². The Labute approximate surface area is 174 Å². The lowest BCUT2D eigenvalue weighted by Gasteiger charge is -2.22. The monoisotopic (exact) mass is 420 g/mol. The molecule has 0 unspecified atom stereocenters. The van der Waals surface area contributed by atoms with Crippen LogP contribution in [0.1, 0.15) is 35.2 Å². The molecule has 0 radical (unpaired) electrons. The molecule has 156 valence electrons. The lowest BCUT2D eigenvalue weighted by molar-refractivity contribution is 0.0734. The first kappa shape index (κ1) is 20.9. The normalized spacial score (nSPS) is 13.0. The molecule has 1 saturated carbocycles. The average Bonchev–Trinajstić information content (AvgIpc) is 3.35. The number of oxime groups is 1. The third-order valence-corrected chi connectivity index (χ3v) is 4.57. The summed E-state index contributed by atoms with van der Waals surface area (Å²) in [6, 6.07) is 6.91. The van der Waals surface area contributed by atoms with Gasteiger partial charge in [-0.1, -0.05) is 11.6 Å². The molecule has 1 heterocycles.